The third-order valence-electron chi connectivity index (χ3n) is 5.48. The first-order valence-electron chi connectivity index (χ1n) is 9.61. The number of imidazole rings is 1. The Kier molecular flexibility index (Phi) is 5.16. The fourth-order valence-electron chi connectivity index (χ4n) is 4.23. The highest BCUT2D eigenvalue weighted by Gasteiger charge is 2.58. The van der Waals surface area contributed by atoms with E-state index in [1.165, 1.54) is 25.6 Å². The van der Waals surface area contributed by atoms with Gasteiger partial charge in [0.05, 0.1) is 11.3 Å². The van der Waals surface area contributed by atoms with Crippen molar-refractivity contribution < 1.29 is 23.3 Å². The molecule has 0 aliphatic carbocycles. The van der Waals surface area contributed by atoms with Gasteiger partial charge in [-0.2, -0.15) is 0 Å². The highest BCUT2D eigenvalue weighted by Crippen LogP contribution is 2.47. The second-order valence-corrected chi connectivity index (χ2v) is 8.64. The van der Waals surface area contributed by atoms with Crippen molar-refractivity contribution in [2.24, 2.45) is 0 Å². The molecule has 1 aromatic carbocycles. The largest absolute Gasteiger partial charge is 0.374 e. The van der Waals surface area contributed by atoms with Crippen LogP contribution in [0.2, 0.25) is 10.2 Å². The van der Waals surface area contributed by atoms with Crippen LogP contribution in [0, 0.1) is 5.82 Å². The molecule has 31 heavy (non-hydrogen) atoms. The summed E-state index contributed by atoms with van der Waals surface area (Å²) < 4.78 is 40.3. The van der Waals surface area contributed by atoms with Gasteiger partial charge in [-0.3, -0.25) is 4.57 Å². The fourth-order valence-corrected chi connectivity index (χ4v) is 4.53. The van der Waals surface area contributed by atoms with Crippen molar-refractivity contribution in [2.75, 3.05) is 7.11 Å². The van der Waals surface area contributed by atoms with Crippen LogP contribution in [-0.4, -0.2) is 50.7 Å². The molecule has 0 unspecified atom stereocenters. The number of nitrogens with zero attached hydrogens (tertiary/aromatic N) is 4. The number of aromatic nitrogens is 4. The van der Waals surface area contributed by atoms with Crippen LogP contribution in [0.4, 0.5) is 4.39 Å². The molecule has 2 aromatic heterocycles. The minimum absolute atomic E-state index is 0.0322. The van der Waals surface area contributed by atoms with Crippen molar-refractivity contribution in [1.82, 2.24) is 19.5 Å². The Balaban J connectivity index is 1.56. The van der Waals surface area contributed by atoms with Gasteiger partial charge in [0, 0.05) is 7.11 Å². The summed E-state index contributed by atoms with van der Waals surface area (Å²) in [5.41, 5.74) is 1.53. The molecule has 0 amide bonds. The van der Waals surface area contributed by atoms with Crippen LogP contribution in [0.3, 0.4) is 0 Å². The quantitative estimate of drug-likeness (QED) is 0.533. The summed E-state index contributed by atoms with van der Waals surface area (Å²) in [6.07, 6.45) is 0.110. The zero-order valence-corrected chi connectivity index (χ0v) is 18.3. The van der Waals surface area contributed by atoms with Crippen molar-refractivity contribution in [1.29, 1.82) is 0 Å². The first-order chi connectivity index (χ1) is 14.8. The maximum absolute atomic E-state index is 14.1. The standard InChI is InChI=1S/C20H19Cl2FN4O4/c1-20(2)30-15-14(13(28-3)9-4-5-10(21)11(23)6-9)29-19(16(15)31-20)27-8-26-12-17(22)24-7-25-18(12)27/h4-8,13-16,19H,1-3H3/t13-,14-,15-,16-,19-/m1/s1. The van der Waals surface area contributed by atoms with E-state index in [2.05, 4.69) is 15.0 Å². The van der Waals surface area contributed by atoms with E-state index in [-0.39, 0.29) is 10.2 Å². The molecule has 5 rings (SSSR count). The Morgan fingerprint density at radius 2 is 1.94 bits per heavy atom. The third-order valence-corrected chi connectivity index (χ3v) is 6.06. The molecule has 0 bridgehead atoms. The van der Waals surface area contributed by atoms with E-state index < -0.39 is 42.2 Å². The van der Waals surface area contributed by atoms with Crippen LogP contribution >= 0.6 is 23.2 Å². The van der Waals surface area contributed by atoms with E-state index >= 15 is 0 Å². The highest BCUT2D eigenvalue weighted by atomic mass is 35.5. The molecular formula is C20H19Cl2FN4O4. The number of rotatable bonds is 4. The molecule has 11 heteroatoms. The van der Waals surface area contributed by atoms with Gasteiger partial charge in [0.15, 0.2) is 22.8 Å². The lowest BCUT2D eigenvalue weighted by molar-refractivity contribution is -0.209. The van der Waals surface area contributed by atoms with E-state index in [0.29, 0.717) is 16.7 Å². The van der Waals surface area contributed by atoms with E-state index in [0.717, 1.165) is 0 Å². The van der Waals surface area contributed by atoms with E-state index in [1.807, 2.05) is 13.8 Å². The average molecular weight is 469 g/mol. The summed E-state index contributed by atoms with van der Waals surface area (Å²) in [7, 11) is 1.53. The van der Waals surface area contributed by atoms with Crippen LogP contribution in [0.5, 0.6) is 0 Å². The van der Waals surface area contributed by atoms with Gasteiger partial charge in [0.1, 0.15) is 42.1 Å². The summed E-state index contributed by atoms with van der Waals surface area (Å²) in [4.78, 5) is 12.6. The predicted octanol–water partition coefficient (Wildman–Crippen LogP) is 4.08. The van der Waals surface area contributed by atoms with Crippen LogP contribution in [0.1, 0.15) is 31.7 Å². The van der Waals surface area contributed by atoms with Gasteiger partial charge in [-0.15, -0.1) is 0 Å². The second-order valence-electron chi connectivity index (χ2n) is 7.87. The summed E-state index contributed by atoms with van der Waals surface area (Å²) in [6, 6.07) is 4.52. The smallest absolute Gasteiger partial charge is 0.167 e. The van der Waals surface area contributed by atoms with Crippen molar-refractivity contribution in [3.8, 4) is 0 Å². The Hall–Kier alpha value is -1.88. The summed E-state index contributed by atoms with van der Waals surface area (Å²) in [5, 5.41) is 0.273. The zero-order valence-electron chi connectivity index (χ0n) is 16.8. The maximum atomic E-state index is 14.1. The highest BCUT2D eigenvalue weighted by molar-refractivity contribution is 6.33. The normalized spacial score (nSPS) is 28.2. The minimum atomic E-state index is -0.845. The van der Waals surface area contributed by atoms with Crippen molar-refractivity contribution >= 4 is 34.4 Å². The van der Waals surface area contributed by atoms with Crippen molar-refractivity contribution in [3.63, 3.8) is 0 Å². The Labute approximate surface area is 187 Å². The summed E-state index contributed by atoms with van der Waals surface area (Å²) >= 11 is 12.0. The van der Waals surface area contributed by atoms with Gasteiger partial charge in [0.2, 0.25) is 0 Å². The summed E-state index contributed by atoms with van der Waals surface area (Å²) in [5.74, 6) is -1.38. The first kappa shape index (κ1) is 21.0. The maximum Gasteiger partial charge on any atom is 0.167 e. The predicted molar refractivity (Wildman–Crippen MR) is 109 cm³/mol. The molecule has 3 aromatic rings. The van der Waals surface area contributed by atoms with Gasteiger partial charge < -0.3 is 18.9 Å². The Bertz CT molecular complexity index is 1140. The molecule has 2 saturated heterocycles. The molecule has 0 radical (unpaired) electrons. The zero-order chi connectivity index (χ0) is 21.9. The van der Waals surface area contributed by atoms with Gasteiger partial charge >= 0.3 is 0 Å². The lowest BCUT2D eigenvalue weighted by Crippen LogP contribution is -2.35. The van der Waals surface area contributed by atoms with E-state index in [9.17, 15) is 4.39 Å². The van der Waals surface area contributed by atoms with Crippen LogP contribution in [-0.2, 0) is 18.9 Å². The monoisotopic (exact) mass is 468 g/mol. The average Bonchev–Trinajstić information content (AvgIpc) is 3.37. The van der Waals surface area contributed by atoms with Gasteiger partial charge in [0.25, 0.3) is 0 Å². The molecule has 164 valence electrons. The lowest BCUT2D eigenvalue weighted by Gasteiger charge is -2.28. The fraction of sp³-hybridized carbons (Fsp3) is 0.450. The van der Waals surface area contributed by atoms with Crippen molar-refractivity contribution in [2.45, 2.75) is 50.3 Å². The molecular weight excluding hydrogens is 450 g/mol. The molecule has 2 fully saturated rings. The molecule has 2 aliphatic heterocycles. The molecule has 0 saturated carbocycles. The molecule has 0 N–H and O–H groups in total. The number of hydrogen-bond donors (Lipinski definition) is 0. The SMILES string of the molecule is CO[C@H](c1ccc(Cl)c(F)c1)[C@H]1O[C@@H](n2cnc3c(Cl)ncnc32)[C@@H]2OC(C)(C)O[C@@H]21. The van der Waals surface area contributed by atoms with Crippen molar-refractivity contribution in [3.05, 3.63) is 52.4 Å². The Morgan fingerprint density at radius 3 is 2.68 bits per heavy atom. The van der Waals surface area contributed by atoms with Crippen LogP contribution in [0.15, 0.2) is 30.9 Å². The second kappa shape index (κ2) is 7.61. The lowest BCUT2D eigenvalue weighted by atomic mass is 9.99. The number of fused-ring (bicyclic) bond motifs is 2. The van der Waals surface area contributed by atoms with Gasteiger partial charge in [-0.05, 0) is 31.5 Å². The number of hydrogen-bond acceptors (Lipinski definition) is 7. The van der Waals surface area contributed by atoms with E-state index in [1.54, 1.807) is 17.0 Å². The molecule has 4 heterocycles. The number of ether oxygens (including phenoxy) is 4. The molecule has 8 nitrogen and oxygen atoms in total. The summed E-state index contributed by atoms with van der Waals surface area (Å²) in [6.45, 7) is 3.66. The van der Waals surface area contributed by atoms with Gasteiger partial charge in [-0.1, -0.05) is 29.3 Å². The van der Waals surface area contributed by atoms with Gasteiger partial charge in [-0.25, -0.2) is 19.3 Å². The first-order valence-corrected chi connectivity index (χ1v) is 10.4. The van der Waals surface area contributed by atoms with Crippen LogP contribution < -0.4 is 0 Å². The number of halogens is 3. The van der Waals surface area contributed by atoms with E-state index in [4.69, 9.17) is 42.1 Å². The number of benzene rings is 1. The topological polar surface area (TPSA) is 80.5 Å². The number of methoxy groups -OCH3 is 1. The Morgan fingerprint density at radius 1 is 1.16 bits per heavy atom. The molecule has 0 spiro atoms. The molecule has 5 atom stereocenters. The van der Waals surface area contributed by atoms with Crippen LogP contribution in [0.25, 0.3) is 11.2 Å². The molecule has 2 aliphatic rings. The minimum Gasteiger partial charge on any atom is -0.374 e. The third kappa shape index (κ3) is 3.49.